The number of thiocarbonyl (C=S) groups is 1. The first kappa shape index (κ1) is 24.5. The van der Waals surface area contributed by atoms with Crippen LogP contribution >= 0.6 is 47.3 Å². The molecule has 0 atom stereocenters. The molecule has 0 radical (unpaired) electrons. The zero-order valence-corrected chi connectivity index (χ0v) is 21.2. The lowest BCUT2D eigenvalue weighted by molar-refractivity contribution is -0.113. The monoisotopic (exact) mass is 533 g/mol. The Balaban J connectivity index is 1.62. The van der Waals surface area contributed by atoms with E-state index in [0.717, 1.165) is 16.8 Å². The zero-order valence-electron chi connectivity index (χ0n) is 18.0. The van der Waals surface area contributed by atoms with Crippen LogP contribution in [0.5, 0.6) is 17.4 Å². The highest BCUT2D eigenvalue weighted by Crippen LogP contribution is 2.39. The van der Waals surface area contributed by atoms with E-state index in [0.29, 0.717) is 27.1 Å². The van der Waals surface area contributed by atoms with Crippen molar-refractivity contribution < 1.29 is 18.7 Å². The maximum absolute atomic E-state index is 14.0. The molecule has 0 bridgehead atoms. The van der Waals surface area contributed by atoms with E-state index in [1.54, 1.807) is 36.0 Å². The van der Waals surface area contributed by atoms with Crippen molar-refractivity contribution >= 4 is 69.3 Å². The lowest BCUT2D eigenvalue weighted by Crippen LogP contribution is -2.27. The van der Waals surface area contributed by atoms with Gasteiger partial charge in [0, 0.05) is 4.90 Å². The second-order valence-electron chi connectivity index (χ2n) is 6.75. The molecule has 3 aromatic rings. The summed E-state index contributed by atoms with van der Waals surface area (Å²) in [4.78, 5) is 23.5. The van der Waals surface area contributed by atoms with Crippen molar-refractivity contribution in [3.05, 3.63) is 70.2 Å². The van der Waals surface area contributed by atoms with Crippen molar-refractivity contribution in [3.8, 4) is 17.4 Å². The summed E-state index contributed by atoms with van der Waals surface area (Å²) in [6, 6.07) is 12.7. The molecule has 1 amide bonds. The van der Waals surface area contributed by atoms with Crippen LogP contribution in [0.15, 0.2) is 58.5 Å². The first-order valence-corrected chi connectivity index (χ1v) is 12.8. The molecule has 174 valence electrons. The van der Waals surface area contributed by atoms with Crippen molar-refractivity contribution in [1.29, 1.82) is 0 Å². The molecule has 1 aliphatic heterocycles. The van der Waals surface area contributed by atoms with Gasteiger partial charge >= 0.3 is 0 Å². The maximum atomic E-state index is 14.0. The van der Waals surface area contributed by atoms with Crippen LogP contribution in [-0.2, 0) is 4.79 Å². The minimum absolute atomic E-state index is 0.143. The third kappa shape index (κ3) is 5.35. The Morgan fingerprint density at radius 2 is 2.09 bits per heavy atom. The molecule has 0 spiro atoms. The molecule has 11 heteroatoms. The van der Waals surface area contributed by atoms with Gasteiger partial charge in [-0.05, 0) is 66.8 Å². The van der Waals surface area contributed by atoms with Gasteiger partial charge in [0.1, 0.15) is 0 Å². The van der Waals surface area contributed by atoms with Crippen molar-refractivity contribution in [2.45, 2.75) is 11.8 Å². The lowest BCUT2D eigenvalue weighted by atomic mass is 10.1. The number of thioether (sulfide) groups is 2. The van der Waals surface area contributed by atoms with Gasteiger partial charge in [-0.25, -0.2) is 4.98 Å². The van der Waals surface area contributed by atoms with Gasteiger partial charge in [0.25, 0.3) is 11.8 Å². The SMILES string of the molecule is CCOc1cc(/C=C2/SC(=S)N(c3cccc(SC)c3)C2=O)ccc1Oc1nc(Cl)ncc1F. The Hall–Kier alpha value is -2.66. The highest BCUT2D eigenvalue weighted by molar-refractivity contribution is 8.27. The predicted molar refractivity (Wildman–Crippen MR) is 139 cm³/mol. The summed E-state index contributed by atoms with van der Waals surface area (Å²) in [5, 5.41) is -0.143. The van der Waals surface area contributed by atoms with Crippen LogP contribution in [0.4, 0.5) is 10.1 Å². The quantitative estimate of drug-likeness (QED) is 0.146. The van der Waals surface area contributed by atoms with E-state index in [9.17, 15) is 9.18 Å². The molecule has 1 saturated heterocycles. The number of ether oxygens (including phenoxy) is 2. The van der Waals surface area contributed by atoms with E-state index >= 15 is 0 Å². The first-order chi connectivity index (χ1) is 16.4. The summed E-state index contributed by atoms with van der Waals surface area (Å²) in [5.74, 6) is -0.681. The number of carbonyl (C=O) groups is 1. The summed E-state index contributed by atoms with van der Waals surface area (Å²) < 4.78 is 25.7. The van der Waals surface area contributed by atoms with Crippen molar-refractivity contribution in [1.82, 2.24) is 9.97 Å². The lowest BCUT2D eigenvalue weighted by Gasteiger charge is -2.15. The smallest absolute Gasteiger partial charge is 0.270 e. The number of aromatic nitrogens is 2. The van der Waals surface area contributed by atoms with E-state index in [4.69, 9.17) is 33.3 Å². The normalized spacial score (nSPS) is 14.7. The highest BCUT2D eigenvalue weighted by Gasteiger charge is 2.33. The van der Waals surface area contributed by atoms with Gasteiger partial charge in [-0.15, -0.1) is 11.8 Å². The minimum atomic E-state index is -0.759. The number of amides is 1. The van der Waals surface area contributed by atoms with E-state index in [-0.39, 0.29) is 22.8 Å². The van der Waals surface area contributed by atoms with Gasteiger partial charge in [-0.3, -0.25) is 9.69 Å². The second-order valence-corrected chi connectivity index (χ2v) is 9.65. The number of halogens is 2. The molecule has 1 aromatic heterocycles. The first-order valence-electron chi connectivity index (χ1n) is 9.94. The fraction of sp³-hybridized carbons (Fsp3) is 0.130. The predicted octanol–water partition coefficient (Wildman–Crippen LogP) is 6.59. The molecule has 6 nitrogen and oxygen atoms in total. The molecule has 0 unspecified atom stereocenters. The summed E-state index contributed by atoms with van der Waals surface area (Å²) in [6.07, 6.45) is 4.63. The van der Waals surface area contributed by atoms with Crippen molar-refractivity contribution in [3.63, 3.8) is 0 Å². The van der Waals surface area contributed by atoms with Gasteiger partial charge in [0.05, 0.1) is 23.4 Å². The Labute approximate surface area is 214 Å². The van der Waals surface area contributed by atoms with Crippen LogP contribution in [0.2, 0.25) is 5.28 Å². The van der Waals surface area contributed by atoms with Gasteiger partial charge in [-0.2, -0.15) is 9.37 Å². The minimum Gasteiger partial charge on any atom is -0.490 e. The standard InChI is InChI=1S/C23H17ClFN3O3S3/c1-3-30-18-9-13(7-8-17(18)31-20-16(25)12-26-22(24)27-20)10-19-21(29)28(23(32)34-19)14-5-4-6-15(11-14)33-2/h4-12H,3H2,1-2H3/b19-10+. The number of hydrogen-bond acceptors (Lipinski definition) is 8. The van der Waals surface area contributed by atoms with Gasteiger partial charge in [0.15, 0.2) is 15.8 Å². The van der Waals surface area contributed by atoms with Gasteiger partial charge in [0.2, 0.25) is 11.1 Å². The molecule has 0 N–H and O–H groups in total. The molecule has 1 aliphatic rings. The number of anilines is 1. The van der Waals surface area contributed by atoms with Crippen LogP contribution < -0.4 is 14.4 Å². The van der Waals surface area contributed by atoms with Gasteiger partial charge in [-0.1, -0.05) is 36.1 Å². The Kier molecular flexibility index (Phi) is 7.72. The number of carbonyl (C=O) groups excluding carboxylic acids is 1. The maximum Gasteiger partial charge on any atom is 0.270 e. The third-order valence-corrected chi connectivity index (χ3v) is 6.77. The molecule has 34 heavy (non-hydrogen) atoms. The fourth-order valence-corrected chi connectivity index (χ4v) is 4.94. The topological polar surface area (TPSA) is 64.5 Å². The molecule has 4 rings (SSSR count). The van der Waals surface area contributed by atoms with E-state index in [1.165, 1.54) is 16.7 Å². The number of rotatable bonds is 7. The molecule has 0 saturated carbocycles. The summed E-state index contributed by atoms with van der Waals surface area (Å²) in [5.41, 5.74) is 1.41. The molecular formula is C23H17ClFN3O3S3. The molecular weight excluding hydrogens is 517 g/mol. The summed E-state index contributed by atoms with van der Waals surface area (Å²) in [6.45, 7) is 2.16. The highest BCUT2D eigenvalue weighted by atomic mass is 35.5. The van der Waals surface area contributed by atoms with Crippen LogP contribution in [0.1, 0.15) is 12.5 Å². The average molecular weight is 534 g/mol. The fourth-order valence-electron chi connectivity index (χ4n) is 3.07. The Morgan fingerprint density at radius 3 is 2.85 bits per heavy atom. The van der Waals surface area contributed by atoms with Crippen LogP contribution in [0.3, 0.4) is 0 Å². The van der Waals surface area contributed by atoms with Crippen LogP contribution in [-0.4, -0.2) is 33.1 Å². The second kappa shape index (κ2) is 10.7. The van der Waals surface area contributed by atoms with Crippen LogP contribution in [0.25, 0.3) is 6.08 Å². The van der Waals surface area contributed by atoms with Crippen molar-refractivity contribution in [2.24, 2.45) is 0 Å². The zero-order chi connectivity index (χ0) is 24.2. The van der Waals surface area contributed by atoms with Crippen molar-refractivity contribution in [2.75, 3.05) is 17.8 Å². The number of nitrogens with zero attached hydrogens (tertiary/aromatic N) is 3. The van der Waals surface area contributed by atoms with Crippen LogP contribution in [0, 0.1) is 5.82 Å². The third-order valence-electron chi connectivity index (χ3n) is 4.56. The van der Waals surface area contributed by atoms with E-state index in [2.05, 4.69) is 9.97 Å². The molecule has 2 aromatic carbocycles. The summed E-state index contributed by atoms with van der Waals surface area (Å²) >= 11 is 14.0. The molecule has 2 heterocycles. The molecule has 1 fully saturated rings. The van der Waals surface area contributed by atoms with E-state index in [1.807, 2.05) is 37.4 Å². The average Bonchev–Trinajstić information content (AvgIpc) is 3.10. The van der Waals surface area contributed by atoms with E-state index < -0.39 is 5.82 Å². The number of hydrogen-bond donors (Lipinski definition) is 0. The Morgan fingerprint density at radius 1 is 1.26 bits per heavy atom. The Bertz CT molecular complexity index is 1310. The molecule has 0 aliphatic carbocycles. The summed E-state index contributed by atoms with van der Waals surface area (Å²) in [7, 11) is 0. The number of benzene rings is 2. The van der Waals surface area contributed by atoms with Gasteiger partial charge < -0.3 is 9.47 Å². The largest absolute Gasteiger partial charge is 0.490 e.